The molecule has 1 aromatic heterocycles. The average Bonchev–Trinajstić information content (AvgIpc) is 3.07. The van der Waals surface area contributed by atoms with Gasteiger partial charge in [-0.2, -0.15) is 0 Å². The summed E-state index contributed by atoms with van der Waals surface area (Å²) in [4.78, 5) is 57.3. The van der Waals surface area contributed by atoms with Crippen LogP contribution in [0.25, 0.3) is 0 Å². The van der Waals surface area contributed by atoms with Crippen molar-refractivity contribution in [1.29, 1.82) is 0 Å². The number of carbonyl (C=O) groups excluding carboxylic acids is 2. The lowest BCUT2D eigenvalue weighted by Crippen LogP contribution is -2.50. The number of fused-ring (bicyclic) bond motifs is 1. The summed E-state index contributed by atoms with van der Waals surface area (Å²) in [5.74, 6) is 0.773. The second-order valence-corrected chi connectivity index (χ2v) is 9.92. The zero-order valence-electron chi connectivity index (χ0n) is 21.6. The zero-order valence-corrected chi connectivity index (χ0v) is 21.6. The van der Waals surface area contributed by atoms with Crippen LogP contribution in [0.5, 0.6) is 5.75 Å². The Bertz CT molecular complexity index is 1260. The summed E-state index contributed by atoms with van der Waals surface area (Å²) >= 11 is 0. The highest BCUT2D eigenvalue weighted by Gasteiger charge is 2.34. The maximum atomic E-state index is 13.3. The van der Waals surface area contributed by atoms with Crippen molar-refractivity contribution in [2.45, 2.75) is 59.2 Å². The van der Waals surface area contributed by atoms with E-state index in [-0.39, 0.29) is 41.7 Å². The van der Waals surface area contributed by atoms with Crippen LogP contribution in [0.4, 0.5) is 11.5 Å². The minimum Gasteiger partial charge on any atom is -0.479 e. The Morgan fingerprint density at radius 3 is 2.36 bits per heavy atom. The van der Waals surface area contributed by atoms with Crippen LogP contribution in [0.2, 0.25) is 0 Å². The molecule has 2 aliphatic rings. The number of benzene rings is 1. The van der Waals surface area contributed by atoms with Gasteiger partial charge in [-0.15, -0.1) is 0 Å². The van der Waals surface area contributed by atoms with Gasteiger partial charge in [0, 0.05) is 44.3 Å². The third-order valence-corrected chi connectivity index (χ3v) is 6.72. The number of rotatable bonds is 5. The van der Waals surface area contributed by atoms with E-state index in [9.17, 15) is 19.2 Å². The molecular formula is C26H35N5O5. The van der Waals surface area contributed by atoms with E-state index in [1.807, 2.05) is 44.7 Å². The Kier molecular flexibility index (Phi) is 7.23. The quantitative estimate of drug-likeness (QED) is 0.627. The largest absolute Gasteiger partial charge is 0.479 e. The monoisotopic (exact) mass is 497 g/mol. The van der Waals surface area contributed by atoms with Crippen LogP contribution in [-0.4, -0.2) is 64.7 Å². The molecule has 0 spiro atoms. The summed E-state index contributed by atoms with van der Waals surface area (Å²) in [6.07, 6.45) is 0.0167. The van der Waals surface area contributed by atoms with Crippen LogP contribution >= 0.6 is 0 Å². The van der Waals surface area contributed by atoms with Gasteiger partial charge in [-0.3, -0.25) is 28.4 Å². The fraction of sp³-hybridized carbons (Fsp3) is 0.538. The van der Waals surface area contributed by atoms with Gasteiger partial charge in [0.25, 0.3) is 11.5 Å². The van der Waals surface area contributed by atoms with Crippen LogP contribution in [0.3, 0.4) is 0 Å². The van der Waals surface area contributed by atoms with Crippen LogP contribution in [0.1, 0.15) is 53.1 Å². The Labute approximate surface area is 210 Å². The number of hydrogen-bond acceptors (Lipinski definition) is 6. The van der Waals surface area contributed by atoms with Gasteiger partial charge in [-0.25, -0.2) is 4.79 Å². The lowest BCUT2D eigenvalue weighted by molar-refractivity contribution is -0.133. The summed E-state index contributed by atoms with van der Waals surface area (Å²) in [7, 11) is 0. The standard InChI is InChI=1S/C26H35N5O5/c1-17(2)30-22(15-23(32)31(18(3)4)26(30)35)27-11-8-12-28(14-13-27)24(33)16-29-20-9-6-7-10-21(20)36-19(5)25(29)34/h6-7,9-10,15,17-19H,8,11-14,16H2,1-5H3/t19-/m0/s1. The van der Waals surface area contributed by atoms with Crippen molar-refractivity contribution in [2.24, 2.45) is 0 Å². The van der Waals surface area contributed by atoms with Crippen molar-refractivity contribution in [1.82, 2.24) is 14.0 Å². The lowest BCUT2D eigenvalue weighted by atomic mass is 10.2. The molecule has 10 nitrogen and oxygen atoms in total. The predicted octanol–water partition coefficient (Wildman–Crippen LogP) is 2.02. The van der Waals surface area contributed by atoms with Crippen molar-refractivity contribution in [2.75, 3.05) is 42.5 Å². The average molecular weight is 498 g/mol. The first-order valence-corrected chi connectivity index (χ1v) is 12.6. The smallest absolute Gasteiger partial charge is 0.333 e. The summed E-state index contributed by atoms with van der Waals surface area (Å²) in [6, 6.07) is 8.38. The van der Waals surface area contributed by atoms with Crippen LogP contribution < -0.4 is 25.8 Å². The highest BCUT2D eigenvalue weighted by molar-refractivity contribution is 6.03. The molecule has 1 aromatic carbocycles. The zero-order chi connectivity index (χ0) is 26.1. The van der Waals surface area contributed by atoms with Gasteiger partial charge >= 0.3 is 5.69 Å². The Morgan fingerprint density at radius 2 is 1.67 bits per heavy atom. The SMILES string of the molecule is CC(C)n1c(N2CCCN(C(=O)CN3C(=O)[C@H](C)Oc4ccccc43)CC2)cc(=O)n(C(C)C)c1=O. The molecule has 2 amide bonds. The topological polar surface area (TPSA) is 97.1 Å². The van der Waals surface area contributed by atoms with E-state index in [0.717, 1.165) is 0 Å². The number of carbonyl (C=O) groups is 2. The van der Waals surface area contributed by atoms with Crippen molar-refractivity contribution in [3.63, 3.8) is 0 Å². The molecule has 2 aromatic rings. The second-order valence-electron chi connectivity index (χ2n) is 9.92. The van der Waals surface area contributed by atoms with Crippen molar-refractivity contribution >= 4 is 23.3 Å². The molecular weight excluding hydrogens is 462 g/mol. The predicted molar refractivity (Wildman–Crippen MR) is 138 cm³/mol. The number of anilines is 2. The molecule has 0 unspecified atom stereocenters. The second kappa shape index (κ2) is 10.2. The fourth-order valence-corrected chi connectivity index (χ4v) is 4.92. The number of aromatic nitrogens is 2. The van der Waals surface area contributed by atoms with Crippen molar-refractivity contribution < 1.29 is 14.3 Å². The third-order valence-electron chi connectivity index (χ3n) is 6.72. The maximum Gasteiger partial charge on any atom is 0.333 e. The minimum absolute atomic E-state index is 0.0648. The summed E-state index contributed by atoms with van der Waals surface area (Å²) in [5.41, 5.74) is -0.0481. The highest BCUT2D eigenvalue weighted by atomic mass is 16.5. The molecule has 1 fully saturated rings. The van der Waals surface area contributed by atoms with Crippen molar-refractivity contribution in [3.05, 3.63) is 51.2 Å². The van der Waals surface area contributed by atoms with Crippen molar-refractivity contribution in [3.8, 4) is 5.75 Å². The van der Waals surface area contributed by atoms with Gasteiger partial charge in [0.05, 0.1) is 5.69 Å². The minimum atomic E-state index is -0.659. The highest BCUT2D eigenvalue weighted by Crippen LogP contribution is 2.33. The maximum absolute atomic E-state index is 13.3. The molecule has 0 bridgehead atoms. The normalized spacial score (nSPS) is 18.4. The van der Waals surface area contributed by atoms with E-state index in [0.29, 0.717) is 49.9 Å². The molecule has 10 heteroatoms. The molecule has 0 aliphatic carbocycles. The Balaban J connectivity index is 1.53. The number of amides is 2. The number of ether oxygens (including phenoxy) is 1. The van der Waals surface area contributed by atoms with E-state index in [4.69, 9.17) is 4.74 Å². The van der Waals surface area contributed by atoms with E-state index in [1.54, 1.807) is 28.5 Å². The first-order valence-electron chi connectivity index (χ1n) is 12.6. The summed E-state index contributed by atoms with van der Waals surface area (Å²) < 4.78 is 8.61. The molecule has 0 saturated carbocycles. The number of para-hydroxylation sites is 2. The number of hydrogen-bond donors (Lipinski definition) is 0. The molecule has 3 heterocycles. The van der Waals surface area contributed by atoms with Gasteiger partial charge in [-0.05, 0) is 53.2 Å². The summed E-state index contributed by atoms with van der Waals surface area (Å²) in [6.45, 7) is 11.1. The van der Waals surface area contributed by atoms with Gasteiger partial charge in [0.15, 0.2) is 6.10 Å². The molecule has 1 saturated heterocycles. The molecule has 2 aliphatic heterocycles. The van der Waals surface area contributed by atoms with E-state index in [1.165, 1.54) is 15.5 Å². The van der Waals surface area contributed by atoms with Gasteiger partial charge in [0.1, 0.15) is 18.1 Å². The molecule has 0 N–H and O–H groups in total. The lowest BCUT2D eigenvalue weighted by Gasteiger charge is -2.34. The molecule has 194 valence electrons. The van der Waals surface area contributed by atoms with Gasteiger partial charge < -0.3 is 14.5 Å². The van der Waals surface area contributed by atoms with Gasteiger partial charge in [-0.1, -0.05) is 12.1 Å². The Morgan fingerprint density at radius 1 is 0.972 bits per heavy atom. The molecule has 0 radical (unpaired) electrons. The van der Waals surface area contributed by atoms with E-state index < -0.39 is 6.10 Å². The van der Waals surface area contributed by atoms with Crippen LogP contribution in [-0.2, 0) is 9.59 Å². The van der Waals surface area contributed by atoms with Gasteiger partial charge in [0.2, 0.25) is 5.91 Å². The first kappa shape index (κ1) is 25.5. The third kappa shape index (κ3) is 4.76. The van der Waals surface area contributed by atoms with E-state index >= 15 is 0 Å². The fourth-order valence-electron chi connectivity index (χ4n) is 4.92. The van der Waals surface area contributed by atoms with Crippen LogP contribution in [0.15, 0.2) is 39.9 Å². The Hall–Kier alpha value is -3.56. The summed E-state index contributed by atoms with van der Waals surface area (Å²) in [5, 5.41) is 0. The van der Waals surface area contributed by atoms with E-state index in [2.05, 4.69) is 0 Å². The molecule has 4 rings (SSSR count). The first-order chi connectivity index (χ1) is 17.1. The molecule has 1 atom stereocenters. The van der Waals surface area contributed by atoms with Crippen LogP contribution in [0, 0.1) is 0 Å². The molecule has 36 heavy (non-hydrogen) atoms. The number of nitrogens with zero attached hydrogens (tertiary/aromatic N) is 5.